The Balaban J connectivity index is 1.81. The van der Waals surface area contributed by atoms with Crippen molar-refractivity contribution in [3.8, 4) is 0 Å². The highest BCUT2D eigenvalue weighted by molar-refractivity contribution is 7.09. The Morgan fingerprint density at radius 2 is 2.50 bits per heavy atom. The van der Waals surface area contributed by atoms with Crippen molar-refractivity contribution in [2.24, 2.45) is 11.7 Å². The topological polar surface area (TPSA) is 35.2 Å². The average Bonchev–Trinajstić information content (AvgIpc) is 2.96. The van der Waals surface area contributed by atoms with Crippen molar-refractivity contribution in [1.29, 1.82) is 0 Å². The van der Waals surface area contributed by atoms with Gasteiger partial charge >= 0.3 is 0 Å². The number of hydrogen-bond acceptors (Lipinski definition) is 3. The average molecular weight is 239 g/mol. The molecule has 3 unspecified atom stereocenters. The fraction of sp³-hybridized carbons (Fsp3) is 0.692. The van der Waals surface area contributed by atoms with E-state index in [1.54, 1.807) is 0 Å². The van der Waals surface area contributed by atoms with Crippen LogP contribution in [-0.4, -0.2) is 18.8 Å². The number of hydrogen-bond donors (Lipinski definition) is 1. The number of thiophene rings is 1. The Bertz CT molecular complexity index is 299. The van der Waals surface area contributed by atoms with E-state index in [-0.39, 0.29) is 0 Å². The Hall–Kier alpha value is -0.380. The molecule has 1 aliphatic rings. The minimum absolute atomic E-state index is 0.301. The van der Waals surface area contributed by atoms with E-state index in [9.17, 15) is 0 Å². The number of nitrogens with two attached hydrogens (primary N) is 1. The molecule has 2 N–H and O–H groups in total. The van der Waals surface area contributed by atoms with Crippen LogP contribution in [0, 0.1) is 5.92 Å². The second-order valence-electron chi connectivity index (χ2n) is 4.55. The third-order valence-corrected chi connectivity index (χ3v) is 4.45. The van der Waals surface area contributed by atoms with Gasteiger partial charge in [-0.1, -0.05) is 13.0 Å². The molecule has 2 heterocycles. The summed E-state index contributed by atoms with van der Waals surface area (Å²) in [6.07, 6.45) is 4.84. The molecule has 0 bridgehead atoms. The molecular formula is C13H21NOS. The molecule has 0 amide bonds. The van der Waals surface area contributed by atoms with Crippen molar-refractivity contribution >= 4 is 11.3 Å². The Kier molecular flexibility index (Phi) is 4.38. The fourth-order valence-electron chi connectivity index (χ4n) is 2.55. The first-order valence-electron chi connectivity index (χ1n) is 6.20. The van der Waals surface area contributed by atoms with Gasteiger partial charge in [0.15, 0.2) is 0 Å². The van der Waals surface area contributed by atoms with Crippen LogP contribution in [0.5, 0.6) is 0 Å². The Morgan fingerprint density at radius 1 is 1.62 bits per heavy atom. The quantitative estimate of drug-likeness (QED) is 0.857. The molecule has 1 aliphatic heterocycles. The highest BCUT2D eigenvalue weighted by Gasteiger charge is 2.31. The van der Waals surface area contributed by atoms with E-state index in [0.29, 0.717) is 18.1 Å². The molecule has 1 aromatic heterocycles. The van der Waals surface area contributed by atoms with E-state index < -0.39 is 0 Å². The minimum atomic E-state index is 0.301. The summed E-state index contributed by atoms with van der Waals surface area (Å²) in [4.78, 5) is 1.45. The van der Waals surface area contributed by atoms with Gasteiger partial charge in [-0.15, -0.1) is 11.3 Å². The first-order chi connectivity index (χ1) is 7.81. The highest BCUT2D eigenvalue weighted by atomic mass is 32.1. The van der Waals surface area contributed by atoms with Crippen LogP contribution in [0.4, 0.5) is 0 Å². The monoisotopic (exact) mass is 239 g/mol. The van der Waals surface area contributed by atoms with Crippen LogP contribution in [-0.2, 0) is 11.2 Å². The predicted molar refractivity (Wildman–Crippen MR) is 68.8 cm³/mol. The molecule has 90 valence electrons. The second kappa shape index (κ2) is 5.80. The van der Waals surface area contributed by atoms with Crippen molar-refractivity contribution < 1.29 is 4.74 Å². The number of rotatable bonds is 5. The summed E-state index contributed by atoms with van der Waals surface area (Å²) in [5.41, 5.74) is 6.29. The molecule has 0 aromatic carbocycles. The largest absolute Gasteiger partial charge is 0.378 e. The van der Waals surface area contributed by atoms with Crippen LogP contribution in [0.3, 0.4) is 0 Å². The second-order valence-corrected chi connectivity index (χ2v) is 5.58. The van der Waals surface area contributed by atoms with E-state index >= 15 is 0 Å². The van der Waals surface area contributed by atoms with Gasteiger partial charge in [0.1, 0.15) is 0 Å². The lowest BCUT2D eigenvalue weighted by molar-refractivity contribution is 0.0806. The molecule has 0 saturated carbocycles. The van der Waals surface area contributed by atoms with Gasteiger partial charge in [-0.3, -0.25) is 0 Å². The molecule has 1 aromatic rings. The molecule has 0 aliphatic carbocycles. The van der Waals surface area contributed by atoms with Crippen molar-refractivity contribution in [1.82, 2.24) is 0 Å². The summed E-state index contributed by atoms with van der Waals surface area (Å²) in [5.74, 6) is 0.574. The zero-order valence-electron chi connectivity index (χ0n) is 9.89. The van der Waals surface area contributed by atoms with E-state index in [4.69, 9.17) is 10.5 Å². The van der Waals surface area contributed by atoms with Crippen LogP contribution in [0.2, 0.25) is 0 Å². The van der Waals surface area contributed by atoms with E-state index in [1.165, 1.54) is 4.88 Å². The first kappa shape index (κ1) is 12.1. The van der Waals surface area contributed by atoms with Gasteiger partial charge in [-0.2, -0.15) is 0 Å². The smallest absolute Gasteiger partial charge is 0.0616 e. The van der Waals surface area contributed by atoms with Gasteiger partial charge in [-0.25, -0.2) is 0 Å². The minimum Gasteiger partial charge on any atom is -0.378 e. The van der Waals surface area contributed by atoms with Gasteiger partial charge in [0.25, 0.3) is 0 Å². The van der Waals surface area contributed by atoms with Crippen LogP contribution >= 0.6 is 11.3 Å². The summed E-state index contributed by atoms with van der Waals surface area (Å²) in [6, 6.07) is 4.60. The zero-order chi connectivity index (χ0) is 11.4. The molecule has 3 heteroatoms. The predicted octanol–water partition coefficient (Wildman–Crippen LogP) is 2.82. The van der Waals surface area contributed by atoms with Crippen molar-refractivity contribution in [2.45, 2.75) is 44.8 Å². The van der Waals surface area contributed by atoms with Crippen LogP contribution in [0.1, 0.15) is 31.1 Å². The Labute approximate surface area is 102 Å². The lowest BCUT2D eigenvalue weighted by atomic mass is 9.89. The molecule has 16 heavy (non-hydrogen) atoms. The number of aryl methyl sites for hydroxylation is 1. The van der Waals surface area contributed by atoms with Crippen LogP contribution in [0.25, 0.3) is 0 Å². The summed E-state index contributed by atoms with van der Waals surface area (Å²) in [6.45, 7) is 3.09. The third kappa shape index (κ3) is 2.84. The van der Waals surface area contributed by atoms with Gasteiger partial charge < -0.3 is 10.5 Å². The maximum absolute atomic E-state index is 6.29. The molecule has 0 radical (unpaired) electrons. The Morgan fingerprint density at radius 3 is 3.19 bits per heavy atom. The zero-order valence-corrected chi connectivity index (χ0v) is 10.7. The maximum Gasteiger partial charge on any atom is 0.0616 e. The van der Waals surface area contributed by atoms with E-state index in [2.05, 4.69) is 24.4 Å². The summed E-state index contributed by atoms with van der Waals surface area (Å²) >= 11 is 1.83. The van der Waals surface area contributed by atoms with Crippen molar-refractivity contribution in [3.63, 3.8) is 0 Å². The third-order valence-electron chi connectivity index (χ3n) is 3.52. The normalized spacial score (nSPS) is 27.1. The first-order valence-corrected chi connectivity index (χ1v) is 7.08. The fourth-order valence-corrected chi connectivity index (χ4v) is 3.28. The van der Waals surface area contributed by atoms with Crippen molar-refractivity contribution in [3.05, 3.63) is 22.4 Å². The van der Waals surface area contributed by atoms with Crippen LogP contribution in [0.15, 0.2) is 17.5 Å². The van der Waals surface area contributed by atoms with Gasteiger partial charge in [0.2, 0.25) is 0 Å². The standard InChI is InChI=1S/C13H21NOS/c1-2-13-11(7-8-15-13)12(14)6-5-10-4-3-9-16-10/h3-4,9,11-13H,2,5-8,14H2,1H3. The van der Waals surface area contributed by atoms with Gasteiger partial charge in [0.05, 0.1) is 6.10 Å². The van der Waals surface area contributed by atoms with E-state index in [0.717, 1.165) is 32.3 Å². The van der Waals surface area contributed by atoms with E-state index in [1.807, 2.05) is 11.3 Å². The molecule has 1 fully saturated rings. The molecule has 2 rings (SSSR count). The van der Waals surface area contributed by atoms with Crippen LogP contribution < -0.4 is 5.73 Å². The molecule has 2 nitrogen and oxygen atoms in total. The molecule has 0 spiro atoms. The summed E-state index contributed by atoms with van der Waals surface area (Å²) < 4.78 is 5.70. The molecule has 1 saturated heterocycles. The van der Waals surface area contributed by atoms with Gasteiger partial charge in [0, 0.05) is 23.4 Å². The summed E-state index contributed by atoms with van der Waals surface area (Å²) in [7, 11) is 0. The molecule has 3 atom stereocenters. The molecular weight excluding hydrogens is 218 g/mol. The lowest BCUT2D eigenvalue weighted by Gasteiger charge is -2.23. The lowest BCUT2D eigenvalue weighted by Crippen LogP contribution is -2.35. The van der Waals surface area contributed by atoms with Gasteiger partial charge in [-0.05, 0) is 37.1 Å². The van der Waals surface area contributed by atoms with Crippen molar-refractivity contribution in [2.75, 3.05) is 6.61 Å². The SMILES string of the molecule is CCC1OCCC1C(N)CCc1cccs1. The number of ether oxygens (including phenoxy) is 1. The summed E-state index contributed by atoms with van der Waals surface area (Å²) in [5, 5.41) is 2.13. The maximum atomic E-state index is 6.29. The highest BCUT2D eigenvalue weighted by Crippen LogP contribution is 2.27.